The molecule has 0 aromatic carbocycles. The summed E-state index contributed by atoms with van der Waals surface area (Å²) in [5.41, 5.74) is 0. The molecule has 0 bridgehead atoms. The molecule has 0 saturated carbocycles. The molecule has 0 aliphatic carbocycles. The maximum atomic E-state index is 4.35. The third-order valence-corrected chi connectivity index (χ3v) is 0. The Morgan fingerprint density at radius 2 is 1.75 bits per heavy atom. The van der Waals surface area contributed by atoms with E-state index in [2.05, 4.69) is 10.7 Å². The first-order valence-corrected chi connectivity index (χ1v) is 0.644. The molecule has 2 nitrogen and oxygen atoms in total. The smallest absolute Gasteiger partial charge is 0.0569 e. The van der Waals surface area contributed by atoms with Gasteiger partial charge in [0.05, 0.1) is 7.11 Å². The zero-order valence-electron chi connectivity index (χ0n) is 2.39. The maximum Gasteiger partial charge on any atom is 0.0569 e. The van der Waals surface area contributed by atoms with Crippen LogP contribution >= 0.6 is 12.4 Å². The fraction of sp³-hybridized carbons (Fsp3) is 1.00. The van der Waals surface area contributed by atoms with Crippen LogP contribution in [-0.2, 0) is 4.84 Å². The number of hydrogen-bond acceptors (Lipinski definition) is 2. The van der Waals surface area contributed by atoms with Gasteiger partial charge in [0.2, 0.25) is 0 Å². The molecule has 0 radical (unpaired) electrons. The van der Waals surface area contributed by atoms with Gasteiger partial charge in [-0.05, 0) is 0 Å². The van der Waals surface area contributed by atoms with Gasteiger partial charge >= 0.3 is 0 Å². The summed E-state index contributed by atoms with van der Waals surface area (Å²) in [6.07, 6.45) is 0. The molecule has 0 unspecified atom stereocenters. The molecule has 0 heterocycles. The molecule has 3 heteroatoms. The van der Waals surface area contributed by atoms with E-state index < -0.39 is 0 Å². The van der Waals surface area contributed by atoms with E-state index in [-0.39, 0.29) is 12.4 Å². The second-order valence-corrected chi connectivity index (χ2v) is 0.236. The normalized spacial score (nSPS) is 4.50. The Balaban J connectivity index is 0. The van der Waals surface area contributed by atoms with Gasteiger partial charge in [-0.1, -0.05) is 0 Å². The summed E-state index contributed by atoms with van der Waals surface area (Å²) in [7, 11) is 1.40. The minimum Gasteiger partial charge on any atom is -0.308 e. The largest absolute Gasteiger partial charge is 0.308 e. The second kappa shape index (κ2) is 10.7. The van der Waals surface area contributed by atoms with Gasteiger partial charge in [-0.25, -0.2) is 5.90 Å². The van der Waals surface area contributed by atoms with Gasteiger partial charge in [0.15, 0.2) is 0 Å². The lowest BCUT2D eigenvalue weighted by Gasteiger charge is -1.62. The van der Waals surface area contributed by atoms with Crippen molar-refractivity contribution in [3.63, 3.8) is 0 Å². The third-order valence-electron chi connectivity index (χ3n) is 0. The van der Waals surface area contributed by atoms with Crippen LogP contribution in [0.2, 0.25) is 0 Å². The predicted octanol–water partition coefficient (Wildman–Crippen LogP) is -0.0717. The first kappa shape index (κ1) is 8.88. The fourth-order valence-electron chi connectivity index (χ4n) is 0. The lowest BCUT2D eigenvalue weighted by atomic mass is 13.3. The minimum atomic E-state index is 0. The van der Waals surface area contributed by atoms with Crippen LogP contribution in [0.5, 0.6) is 0 Å². The fourth-order valence-corrected chi connectivity index (χ4v) is 0. The molecule has 4 heavy (non-hydrogen) atoms. The van der Waals surface area contributed by atoms with Crippen molar-refractivity contribution in [1.82, 2.24) is 0 Å². The quantitative estimate of drug-likeness (QED) is 0.418. The van der Waals surface area contributed by atoms with E-state index in [0.717, 1.165) is 0 Å². The van der Waals surface area contributed by atoms with E-state index in [1.807, 2.05) is 0 Å². The highest BCUT2D eigenvalue weighted by molar-refractivity contribution is 5.85. The first-order chi connectivity index (χ1) is 1.41. The Kier molecular flexibility index (Phi) is 23.8. The van der Waals surface area contributed by atoms with Gasteiger partial charge in [-0.2, -0.15) is 0 Å². The lowest BCUT2D eigenvalue weighted by molar-refractivity contribution is 0.206. The molecular weight excluding hydrogens is 79.5 g/mol. The van der Waals surface area contributed by atoms with Crippen LogP contribution in [0.15, 0.2) is 0 Å². The van der Waals surface area contributed by atoms with Crippen LogP contribution in [0.25, 0.3) is 0 Å². The van der Waals surface area contributed by atoms with Gasteiger partial charge in [-0.15, -0.1) is 12.4 Å². The van der Waals surface area contributed by atoms with Gasteiger partial charge < -0.3 is 4.84 Å². The van der Waals surface area contributed by atoms with Crippen molar-refractivity contribution in [1.29, 1.82) is 0 Å². The highest BCUT2D eigenvalue weighted by atomic mass is 35.5. The Labute approximate surface area is 31.3 Å². The average Bonchev–Trinajstić information content (AvgIpc) is 0.918. The SMILES string of the molecule is Cl.[14CH3]ON. The van der Waals surface area contributed by atoms with Gasteiger partial charge in [-0.3, -0.25) is 0 Å². The molecule has 0 aliphatic rings. The van der Waals surface area contributed by atoms with E-state index in [1.165, 1.54) is 7.11 Å². The Morgan fingerprint density at radius 1 is 1.75 bits per heavy atom. The van der Waals surface area contributed by atoms with E-state index in [4.69, 9.17) is 0 Å². The van der Waals surface area contributed by atoms with E-state index in [1.54, 1.807) is 0 Å². The van der Waals surface area contributed by atoms with Gasteiger partial charge in [0, 0.05) is 0 Å². The number of rotatable bonds is 0. The Bertz CT molecular complexity index is 8.00. The molecule has 2 N–H and O–H groups in total. The Morgan fingerprint density at radius 3 is 1.75 bits per heavy atom. The van der Waals surface area contributed by atoms with Crippen molar-refractivity contribution in [2.45, 2.75) is 0 Å². The van der Waals surface area contributed by atoms with Crippen LogP contribution in [0.1, 0.15) is 0 Å². The monoisotopic (exact) mass is 85.0 g/mol. The standard InChI is InChI=1S/CH5NO.ClH/c1-3-2;/h2H2,1H3;1H/i1+2;. The molecule has 0 rings (SSSR count). The zero-order valence-corrected chi connectivity index (χ0v) is 3.21. The van der Waals surface area contributed by atoms with E-state index in [9.17, 15) is 0 Å². The lowest BCUT2D eigenvalue weighted by Crippen LogP contribution is -1.86. The predicted molar refractivity (Wildman–Crippen MR) is 18.4 cm³/mol. The van der Waals surface area contributed by atoms with Gasteiger partial charge in [0.1, 0.15) is 0 Å². The van der Waals surface area contributed by atoms with Crippen LogP contribution in [0.3, 0.4) is 0 Å². The molecule has 0 saturated heterocycles. The number of nitrogens with two attached hydrogens (primary N) is 1. The summed E-state index contributed by atoms with van der Waals surface area (Å²) < 4.78 is 0. The van der Waals surface area contributed by atoms with Crippen molar-refractivity contribution in [2.24, 2.45) is 5.90 Å². The summed E-state index contributed by atoms with van der Waals surface area (Å²) in [6.45, 7) is 0. The van der Waals surface area contributed by atoms with Crippen molar-refractivity contribution < 1.29 is 4.84 Å². The number of halogens is 1. The minimum absolute atomic E-state index is 0. The summed E-state index contributed by atoms with van der Waals surface area (Å²) in [5.74, 6) is 4.35. The maximum absolute atomic E-state index is 4.35. The van der Waals surface area contributed by atoms with Crippen LogP contribution in [-0.4, -0.2) is 7.11 Å². The van der Waals surface area contributed by atoms with Crippen molar-refractivity contribution >= 4 is 12.4 Å². The van der Waals surface area contributed by atoms with E-state index >= 15 is 0 Å². The summed E-state index contributed by atoms with van der Waals surface area (Å²) in [4.78, 5) is 3.75. The number of hydrogen-bond donors (Lipinski definition) is 1. The van der Waals surface area contributed by atoms with Crippen molar-refractivity contribution in [2.75, 3.05) is 7.11 Å². The molecule has 0 spiro atoms. The molecule has 28 valence electrons. The third kappa shape index (κ3) is 73.4. The molecule has 0 amide bonds. The second-order valence-electron chi connectivity index (χ2n) is 0.236. The zero-order chi connectivity index (χ0) is 2.71. The van der Waals surface area contributed by atoms with Crippen LogP contribution in [0.4, 0.5) is 0 Å². The molecule has 0 aliphatic heterocycles. The molecular formula is CH6ClNO. The Hall–Kier alpha value is 0.210. The van der Waals surface area contributed by atoms with E-state index in [0.29, 0.717) is 0 Å². The summed E-state index contributed by atoms with van der Waals surface area (Å²) in [6, 6.07) is 0. The van der Waals surface area contributed by atoms with Crippen molar-refractivity contribution in [3.8, 4) is 0 Å². The molecule has 0 aromatic rings. The average molecular weight is 85.5 g/mol. The van der Waals surface area contributed by atoms with Crippen molar-refractivity contribution in [3.05, 3.63) is 0 Å². The highest BCUT2D eigenvalue weighted by Crippen LogP contribution is 1.14. The van der Waals surface area contributed by atoms with Gasteiger partial charge in [0.25, 0.3) is 0 Å². The van der Waals surface area contributed by atoms with Crippen LogP contribution in [0, 0.1) is 0 Å². The summed E-state index contributed by atoms with van der Waals surface area (Å²) >= 11 is 0. The highest BCUT2D eigenvalue weighted by Gasteiger charge is 1.23. The first-order valence-electron chi connectivity index (χ1n) is 0.644. The molecule has 0 atom stereocenters. The molecule has 0 fully saturated rings. The topological polar surface area (TPSA) is 35.2 Å². The van der Waals surface area contributed by atoms with Crippen LogP contribution < -0.4 is 5.90 Å². The molecule has 0 aromatic heterocycles. The summed E-state index contributed by atoms with van der Waals surface area (Å²) in [5, 5.41) is 0.